The molecule has 1 N–H and O–H groups in total. The Balaban J connectivity index is 1.58. The first-order valence-electron chi connectivity index (χ1n) is 12.6. The van der Waals surface area contributed by atoms with E-state index in [1.54, 1.807) is 0 Å². The average Bonchev–Trinajstić information content (AvgIpc) is 3.61. The smallest absolute Gasteiger partial charge is 0.408 e. The minimum Gasteiger partial charge on any atom is -0.491 e. The Hall–Kier alpha value is -3.08. The van der Waals surface area contributed by atoms with Gasteiger partial charge in [0.2, 0.25) is 0 Å². The lowest BCUT2D eigenvalue weighted by Gasteiger charge is -2.33. The number of nitrogens with zero attached hydrogens (tertiary/aromatic N) is 1. The van der Waals surface area contributed by atoms with Gasteiger partial charge in [-0.25, -0.2) is 4.79 Å². The summed E-state index contributed by atoms with van der Waals surface area (Å²) in [5, 5.41) is 4.23. The second-order valence-electron chi connectivity index (χ2n) is 11.5. The summed E-state index contributed by atoms with van der Waals surface area (Å²) >= 11 is 0. The lowest BCUT2D eigenvalue weighted by molar-refractivity contribution is 0.0407. The van der Waals surface area contributed by atoms with Crippen molar-refractivity contribution in [3.8, 4) is 16.9 Å². The van der Waals surface area contributed by atoms with Crippen LogP contribution in [0, 0.1) is 5.92 Å². The lowest BCUT2D eigenvalue weighted by atomic mass is 9.91. The molecule has 35 heavy (non-hydrogen) atoms. The van der Waals surface area contributed by atoms with E-state index in [9.17, 15) is 4.79 Å². The van der Waals surface area contributed by atoms with Crippen molar-refractivity contribution in [3.05, 3.63) is 60.3 Å². The molecule has 5 nitrogen and oxygen atoms in total. The molecule has 1 atom stereocenters. The van der Waals surface area contributed by atoms with Crippen molar-refractivity contribution < 1.29 is 14.3 Å². The van der Waals surface area contributed by atoms with Crippen LogP contribution >= 0.6 is 0 Å². The first-order valence-corrected chi connectivity index (χ1v) is 12.6. The second-order valence-corrected chi connectivity index (χ2v) is 11.5. The number of benzene rings is 2. The SMILES string of the molecule is CC(C)C[C@@](C)(COc1ccc(-c2cccc3ncccc23)cc1C1CC1)NC(=O)OC(C)(C)C. The molecule has 0 spiro atoms. The Morgan fingerprint density at radius 1 is 1.09 bits per heavy atom. The van der Waals surface area contributed by atoms with Gasteiger partial charge in [-0.1, -0.05) is 38.1 Å². The zero-order valence-electron chi connectivity index (χ0n) is 21.9. The first-order chi connectivity index (χ1) is 16.5. The molecule has 0 bridgehead atoms. The molecule has 0 aliphatic heterocycles. The van der Waals surface area contributed by atoms with Gasteiger partial charge in [0, 0.05) is 11.6 Å². The number of nitrogens with one attached hydrogen (secondary N) is 1. The van der Waals surface area contributed by atoms with E-state index in [1.165, 1.54) is 29.5 Å². The zero-order valence-corrected chi connectivity index (χ0v) is 21.9. The van der Waals surface area contributed by atoms with E-state index in [-0.39, 0.29) is 0 Å². The van der Waals surface area contributed by atoms with E-state index in [4.69, 9.17) is 9.47 Å². The Labute approximate surface area is 209 Å². The van der Waals surface area contributed by atoms with Crippen LogP contribution in [0.4, 0.5) is 4.79 Å². The van der Waals surface area contributed by atoms with Gasteiger partial charge in [-0.2, -0.15) is 0 Å². The Morgan fingerprint density at radius 2 is 1.86 bits per heavy atom. The first kappa shape index (κ1) is 25.0. The van der Waals surface area contributed by atoms with E-state index in [0.29, 0.717) is 18.4 Å². The molecule has 1 aromatic heterocycles. The van der Waals surface area contributed by atoms with Crippen LogP contribution in [0.3, 0.4) is 0 Å². The van der Waals surface area contributed by atoms with Gasteiger partial charge in [-0.05, 0) is 99.7 Å². The van der Waals surface area contributed by atoms with Gasteiger partial charge in [0.15, 0.2) is 0 Å². The maximum absolute atomic E-state index is 12.6. The molecule has 1 amide bonds. The number of carbonyl (C=O) groups excluding carboxylic acids is 1. The number of amides is 1. The minimum absolute atomic E-state index is 0.377. The quantitative estimate of drug-likeness (QED) is 0.367. The Bertz CT molecular complexity index is 1190. The highest BCUT2D eigenvalue weighted by molar-refractivity contribution is 5.94. The summed E-state index contributed by atoms with van der Waals surface area (Å²) in [6, 6.07) is 16.9. The van der Waals surface area contributed by atoms with Crippen LogP contribution in [0.25, 0.3) is 22.0 Å². The average molecular weight is 475 g/mol. The van der Waals surface area contributed by atoms with Gasteiger partial charge in [0.25, 0.3) is 0 Å². The van der Waals surface area contributed by atoms with Crippen LogP contribution in [0.2, 0.25) is 0 Å². The molecule has 0 radical (unpaired) electrons. The number of alkyl carbamates (subject to hydrolysis) is 1. The summed E-state index contributed by atoms with van der Waals surface area (Å²) in [6.07, 6.45) is 4.56. The van der Waals surface area contributed by atoms with E-state index in [1.807, 2.05) is 46.0 Å². The largest absolute Gasteiger partial charge is 0.491 e. The fourth-order valence-electron chi connectivity index (χ4n) is 4.75. The van der Waals surface area contributed by atoms with Gasteiger partial charge in [-0.15, -0.1) is 0 Å². The van der Waals surface area contributed by atoms with Crippen LogP contribution in [-0.4, -0.2) is 28.8 Å². The molecule has 4 rings (SSSR count). The van der Waals surface area contributed by atoms with E-state index in [2.05, 4.69) is 60.5 Å². The molecule has 1 saturated carbocycles. The zero-order chi connectivity index (χ0) is 25.2. The highest BCUT2D eigenvalue weighted by atomic mass is 16.6. The van der Waals surface area contributed by atoms with Gasteiger partial charge in [-0.3, -0.25) is 4.98 Å². The number of rotatable bonds is 8. The molecule has 1 fully saturated rings. The summed E-state index contributed by atoms with van der Waals surface area (Å²) < 4.78 is 12.0. The van der Waals surface area contributed by atoms with Gasteiger partial charge >= 0.3 is 6.09 Å². The molecular formula is C30H38N2O3. The molecule has 3 aromatic rings. The number of fused-ring (bicyclic) bond motifs is 1. The van der Waals surface area contributed by atoms with Crippen molar-refractivity contribution in [3.63, 3.8) is 0 Å². The molecule has 2 aromatic carbocycles. The molecule has 1 aliphatic carbocycles. The number of hydrogen-bond donors (Lipinski definition) is 1. The van der Waals surface area contributed by atoms with E-state index in [0.717, 1.165) is 23.1 Å². The summed E-state index contributed by atoms with van der Waals surface area (Å²) in [4.78, 5) is 17.1. The fraction of sp³-hybridized carbons (Fsp3) is 0.467. The number of aromatic nitrogens is 1. The van der Waals surface area contributed by atoms with Crippen molar-refractivity contribution >= 4 is 17.0 Å². The van der Waals surface area contributed by atoms with Crippen LogP contribution in [0.15, 0.2) is 54.7 Å². The van der Waals surface area contributed by atoms with Crippen molar-refractivity contribution in [1.82, 2.24) is 10.3 Å². The standard InChI is InChI=1S/C30H38N2O3/c1-20(2)18-30(6,32-28(33)35-29(3,4)5)19-34-27-15-14-22(17-25(27)21-12-13-21)23-9-7-11-26-24(23)10-8-16-31-26/h7-11,14-17,20-21H,12-13,18-19H2,1-6H3,(H,32,33)/t30-/m0/s1. The van der Waals surface area contributed by atoms with E-state index < -0.39 is 17.2 Å². The predicted molar refractivity (Wildman–Crippen MR) is 142 cm³/mol. The molecule has 1 heterocycles. The fourth-order valence-corrected chi connectivity index (χ4v) is 4.75. The molecule has 0 unspecified atom stereocenters. The summed E-state index contributed by atoms with van der Waals surface area (Å²) in [5.74, 6) is 1.81. The van der Waals surface area contributed by atoms with Crippen LogP contribution in [-0.2, 0) is 4.74 Å². The number of hydrogen-bond acceptors (Lipinski definition) is 4. The van der Waals surface area contributed by atoms with Crippen molar-refractivity contribution in [2.45, 2.75) is 77.9 Å². The lowest BCUT2D eigenvalue weighted by Crippen LogP contribution is -2.52. The molecular weight excluding hydrogens is 436 g/mol. The van der Waals surface area contributed by atoms with Crippen molar-refractivity contribution in [1.29, 1.82) is 0 Å². The molecule has 186 valence electrons. The van der Waals surface area contributed by atoms with E-state index >= 15 is 0 Å². The summed E-state index contributed by atoms with van der Waals surface area (Å²) in [5.41, 5.74) is 3.51. The van der Waals surface area contributed by atoms with Gasteiger partial charge in [0.05, 0.1) is 11.1 Å². The normalized spacial score (nSPS) is 15.6. The third-order valence-electron chi connectivity index (χ3n) is 6.19. The molecule has 0 saturated heterocycles. The monoisotopic (exact) mass is 474 g/mol. The molecule has 1 aliphatic rings. The molecule has 5 heteroatoms. The number of pyridine rings is 1. The number of carbonyl (C=O) groups is 1. The van der Waals surface area contributed by atoms with Crippen molar-refractivity contribution in [2.24, 2.45) is 5.92 Å². The third kappa shape index (κ3) is 6.53. The topological polar surface area (TPSA) is 60.5 Å². The maximum Gasteiger partial charge on any atom is 0.408 e. The van der Waals surface area contributed by atoms with Gasteiger partial charge < -0.3 is 14.8 Å². The minimum atomic E-state index is -0.546. The third-order valence-corrected chi connectivity index (χ3v) is 6.19. The van der Waals surface area contributed by atoms with Crippen LogP contribution in [0.1, 0.15) is 72.3 Å². The van der Waals surface area contributed by atoms with Crippen molar-refractivity contribution in [2.75, 3.05) is 6.61 Å². The highest BCUT2D eigenvalue weighted by Gasteiger charge is 2.32. The summed E-state index contributed by atoms with van der Waals surface area (Å²) in [7, 11) is 0. The Morgan fingerprint density at radius 3 is 2.54 bits per heavy atom. The second kappa shape index (κ2) is 9.88. The Kier molecular flexibility index (Phi) is 7.07. The van der Waals surface area contributed by atoms with Gasteiger partial charge in [0.1, 0.15) is 18.0 Å². The van der Waals surface area contributed by atoms with Crippen LogP contribution in [0.5, 0.6) is 5.75 Å². The summed E-state index contributed by atoms with van der Waals surface area (Å²) in [6.45, 7) is 12.3. The highest BCUT2D eigenvalue weighted by Crippen LogP contribution is 2.46. The predicted octanol–water partition coefficient (Wildman–Crippen LogP) is 7.49. The maximum atomic E-state index is 12.6. The van der Waals surface area contributed by atoms with Crippen LogP contribution < -0.4 is 10.1 Å². The number of ether oxygens (including phenoxy) is 2.